The first kappa shape index (κ1) is 18.9. The van der Waals surface area contributed by atoms with Crippen LogP contribution in [0.1, 0.15) is 20.8 Å². The molecule has 0 aliphatic rings. The van der Waals surface area contributed by atoms with E-state index >= 15 is 0 Å². The lowest BCUT2D eigenvalue weighted by Gasteiger charge is -2.13. The van der Waals surface area contributed by atoms with Crippen LogP contribution in [0.2, 0.25) is 0 Å². The molecule has 3 N–H and O–H groups in total. The molecule has 0 saturated carbocycles. The Bertz CT molecular complexity index is 686. The van der Waals surface area contributed by atoms with Crippen molar-refractivity contribution in [2.45, 2.75) is 31.7 Å². The van der Waals surface area contributed by atoms with Crippen LogP contribution in [0, 0.1) is 0 Å². The fourth-order valence-corrected chi connectivity index (χ4v) is 2.77. The normalized spacial score (nSPS) is 11.2. The van der Waals surface area contributed by atoms with Crippen molar-refractivity contribution in [3.05, 3.63) is 18.2 Å². The molecule has 0 saturated heterocycles. The first-order valence-corrected chi connectivity index (χ1v) is 8.38. The van der Waals surface area contributed by atoms with Crippen molar-refractivity contribution in [2.75, 3.05) is 19.0 Å². The smallest absolute Gasteiger partial charge is 0.241 e. The molecule has 9 heteroatoms. The Balaban J connectivity index is 2.95. The van der Waals surface area contributed by atoms with Crippen LogP contribution in [0.25, 0.3) is 0 Å². The molecular formula is C14H21N3O5S. The summed E-state index contributed by atoms with van der Waals surface area (Å²) < 4.78 is 31.7. The van der Waals surface area contributed by atoms with Crippen LogP contribution in [-0.4, -0.2) is 39.9 Å². The molecule has 0 aliphatic carbocycles. The van der Waals surface area contributed by atoms with Crippen molar-refractivity contribution >= 4 is 27.5 Å². The van der Waals surface area contributed by atoms with E-state index in [1.165, 1.54) is 32.2 Å². The molecular weight excluding hydrogens is 322 g/mol. The number of rotatable bonds is 7. The zero-order valence-electron chi connectivity index (χ0n) is 13.5. The summed E-state index contributed by atoms with van der Waals surface area (Å²) in [5.74, 6) is -0.460. The molecule has 0 heterocycles. The Hall–Kier alpha value is -2.13. The number of anilines is 1. The third kappa shape index (κ3) is 5.87. The number of hydrogen-bond acceptors (Lipinski definition) is 5. The predicted octanol–water partition coefficient (Wildman–Crippen LogP) is 0.456. The number of methoxy groups -OCH3 is 1. The molecule has 8 nitrogen and oxygen atoms in total. The van der Waals surface area contributed by atoms with Gasteiger partial charge in [-0.2, -0.15) is 0 Å². The van der Waals surface area contributed by atoms with Gasteiger partial charge in [0, 0.05) is 13.0 Å². The summed E-state index contributed by atoms with van der Waals surface area (Å²) in [5.41, 5.74) is 0.231. The minimum absolute atomic E-state index is 0.0839. The molecule has 2 amide bonds. The lowest BCUT2D eigenvalue weighted by molar-refractivity contribution is -0.120. The van der Waals surface area contributed by atoms with Crippen molar-refractivity contribution < 1.29 is 22.7 Å². The van der Waals surface area contributed by atoms with Gasteiger partial charge in [-0.05, 0) is 32.0 Å². The van der Waals surface area contributed by atoms with Gasteiger partial charge in [-0.1, -0.05) is 0 Å². The molecule has 0 fully saturated rings. The van der Waals surface area contributed by atoms with Crippen molar-refractivity contribution in [1.29, 1.82) is 0 Å². The van der Waals surface area contributed by atoms with E-state index < -0.39 is 15.9 Å². The van der Waals surface area contributed by atoms with Gasteiger partial charge in [-0.25, -0.2) is 13.1 Å². The number of carbonyl (C=O) groups excluding carboxylic acids is 2. The summed E-state index contributed by atoms with van der Waals surface area (Å²) >= 11 is 0. The highest BCUT2D eigenvalue weighted by Crippen LogP contribution is 2.27. The second-order valence-electron chi connectivity index (χ2n) is 5.09. The minimum atomic E-state index is -3.89. The van der Waals surface area contributed by atoms with Crippen molar-refractivity contribution in [1.82, 2.24) is 10.0 Å². The largest absolute Gasteiger partial charge is 0.495 e. The van der Waals surface area contributed by atoms with Gasteiger partial charge in [-0.15, -0.1) is 0 Å². The number of benzene rings is 1. The summed E-state index contributed by atoms with van der Waals surface area (Å²) in [6.45, 7) is 4.47. The topological polar surface area (TPSA) is 114 Å². The first-order chi connectivity index (χ1) is 10.7. The van der Waals surface area contributed by atoms with E-state index in [0.29, 0.717) is 5.75 Å². The average molecular weight is 343 g/mol. The monoisotopic (exact) mass is 343 g/mol. The first-order valence-electron chi connectivity index (χ1n) is 6.90. The lowest BCUT2D eigenvalue weighted by Crippen LogP contribution is -2.39. The fraction of sp³-hybridized carbons (Fsp3) is 0.429. The van der Waals surface area contributed by atoms with Gasteiger partial charge in [0.2, 0.25) is 21.8 Å². The number of ether oxygens (including phenoxy) is 1. The number of nitrogens with one attached hydrogen (secondary N) is 3. The van der Waals surface area contributed by atoms with Gasteiger partial charge in [0.15, 0.2) is 0 Å². The van der Waals surface area contributed by atoms with Gasteiger partial charge in [0.1, 0.15) is 5.75 Å². The quantitative estimate of drug-likeness (QED) is 0.665. The Labute approximate surface area is 135 Å². The molecule has 23 heavy (non-hydrogen) atoms. The highest BCUT2D eigenvalue weighted by atomic mass is 32.2. The average Bonchev–Trinajstić information content (AvgIpc) is 2.44. The summed E-state index contributed by atoms with van der Waals surface area (Å²) in [7, 11) is -2.49. The van der Waals surface area contributed by atoms with E-state index in [-0.39, 0.29) is 29.1 Å². The van der Waals surface area contributed by atoms with Gasteiger partial charge in [0.25, 0.3) is 0 Å². The maximum absolute atomic E-state index is 12.2. The molecule has 0 radical (unpaired) electrons. The third-order valence-corrected chi connectivity index (χ3v) is 4.06. The fourth-order valence-electron chi connectivity index (χ4n) is 1.76. The van der Waals surface area contributed by atoms with Gasteiger partial charge in [0.05, 0.1) is 24.2 Å². The zero-order valence-corrected chi connectivity index (χ0v) is 14.3. The summed E-state index contributed by atoms with van der Waals surface area (Å²) in [6.07, 6.45) is 0. The highest BCUT2D eigenvalue weighted by Gasteiger charge is 2.18. The van der Waals surface area contributed by atoms with Crippen LogP contribution >= 0.6 is 0 Å². The van der Waals surface area contributed by atoms with E-state index in [0.717, 1.165) is 0 Å². The number of carbonyl (C=O) groups is 2. The number of amides is 2. The van der Waals surface area contributed by atoms with E-state index in [1.54, 1.807) is 13.8 Å². The summed E-state index contributed by atoms with van der Waals surface area (Å²) in [5, 5.41) is 5.07. The Morgan fingerprint density at radius 2 is 1.91 bits per heavy atom. The standard InChI is InChI=1S/C14H21N3O5S/c1-9(2)16-14(19)8-15-23(20,21)11-5-6-13(22-4)12(7-11)17-10(3)18/h5-7,9,15H,8H2,1-4H3,(H,16,19)(H,17,18). The molecule has 1 aromatic carbocycles. The second-order valence-corrected chi connectivity index (χ2v) is 6.86. The van der Waals surface area contributed by atoms with E-state index in [9.17, 15) is 18.0 Å². The van der Waals surface area contributed by atoms with Crippen LogP contribution in [0.3, 0.4) is 0 Å². The van der Waals surface area contributed by atoms with Gasteiger partial charge < -0.3 is 15.4 Å². The van der Waals surface area contributed by atoms with Gasteiger partial charge in [-0.3, -0.25) is 9.59 Å². The van der Waals surface area contributed by atoms with Crippen LogP contribution in [-0.2, 0) is 19.6 Å². The molecule has 0 aromatic heterocycles. The maximum atomic E-state index is 12.2. The van der Waals surface area contributed by atoms with Crippen molar-refractivity contribution in [3.8, 4) is 5.75 Å². The van der Waals surface area contributed by atoms with E-state index in [1.807, 2.05) is 0 Å². The number of sulfonamides is 1. The van der Waals surface area contributed by atoms with Crippen LogP contribution in [0.15, 0.2) is 23.1 Å². The van der Waals surface area contributed by atoms with Crippen molar-refractivity contribution in [2.24, 2.45) is 0 Å². The number of hydrogen-bond donors (Lipinski definition) is 3. The predicted molar refractivity (Wildman–Crippen MR) is 85.8 cm³/mol. The summed E-state index contributed by atoms with van der Waals surface area (Å²) in [4.78, 5) is 22.6. The maximum Gasteiger partial charge on any atom is 0.241 e. The van der Waals surface area contributed by atoms with Gasteiger partial charge >= 0.3 is 0 Å². The van der Waals surface area contributed by atoms with Crippen molar-refractivity contribution in [3.63, 3.8) is 0 Å². The zero-order chi connectivity index (χ0) is 17.6. The van der Waals surface area contributed by atoms with E-state index in [2.05, 4.69) is 15.4 Å². The van der Waals surface area contributed by atoms with Crippen LogP contribution in [0.4, 0.5) is 5.69 Å². The second kappa shape index (κ2) is 7.93. The van der Waals surface area contributed by atoms with Crippen LogP contribution in [0.5, 0.6) is 5.75 Å². The Morgan fingerprint density at radius 3 is 2.43 bits per heavy atom. The molecule has 0 atom stereocenters. The summed E-state index contributed by atoms with van der Waals surface area (Å²) in [6, 6.07) is 3.93. The third-order valence-electron chi connectivity index (χ3n) is 2.66. The molecule has 0 bridgehead atoms. The lowest BCUT2D eigenvalue weighted by atomic mass is 10.3. The van der Waals surface area contributed by atoms with E-state index in [4.69, 9.17) is 4.74 Å². The molecule has 0 spiro atoms. The Morgan fingerprint density at radius 1 is 1.26 bits per heavy atom. The highest BCUT2D eigenvalue weighted by molar-refractivity contribution is 7.89. The SMILES string of the molecule is COc1ccc(S(=O)(=O)NCC(=O)NC(C)C)cc1NC(C)=O. The Kier molecular flexibility index (Phi) is 6.52. The van der Waals surface area contributed by atoms with Crippen LogP contribution < -0.4 is 20.1 Å². The molecule has 1 aromatic rings. The molecule has 1 rings (SSSR count). The molecule has 0 aliphatic heterocycles. The minimum Gasteiger partial charge on any atom is -0.495 e. The molecule has 128 valence electrons. The molecule has 0 unspecified atom stereocenters.